The summed E-state index contributed by atoms with van der Waals surface area (Å²) in [5.41, 5.74) is -0.461. The van der Waals surface area contributed by atoms with E-state index in [4.69, 9.17) is 4.74 Å². The molecular weight excluding hydrogens is 337 g/mol. The highest BCUT2D eigenvalue weighted by Gasteiger charge is 2.30. The Kier molecular flexibility index (Phi) is 5.92. The van der Waals surface area contributed by atoms with Crippen molar-refractivity contribution in [1.29, 1.82) is 0 Å². The van der Waals surface area contributed by atoms with Crippen molar-refractivity contribution < 1.29 is 22.7 Å². The van der Waals surface area contributed by atoms with Crippen molar-refractivity contribution in [3.8, 4) is 0 Å². The van der Waals surface area contributed by atoms with E-state index in [1.54, 1.807) is 6.92 Å². The molecule has 1 aromatic carbocycles. The number of nitrogens with zero attached hydrogens (tertiary/aromatic N) is 2. The number of anilines is 2. The maximum absolute atomic E-state index is 12.8. The Hall–Kier alpha value is -2.68. The molecule has 0 aliphatic carbocycles. The number of nitrogens with one attached hydrogen (secondary N) is 2. The van der Waals surface area contributed by atoms with Crippen molar-refractivity contribution in [2.75, 3.05) is 25.6 Å². The molecule has 6 nitrogen and oxygen atoms in total. The quantitative estimate of drug-likeness (QED) is 0.780. The van der Waals surface area contributed by atoms with E-state index in [1.807, 2.05) is 0 Å². The lowest BCUT2D eigenvalue weighted by Crippen LogP contribution is -2.28. The van der Waals surface area contributed by atoms with Crippen LogP contribution in [0.15, 0.2) is 30.3 Å². The molecule has 0 saturated carbocycles. The van der Waals surface area contributed by atoms with E-state index in [-0.39, 0.29) is 17.2 Å². The zero-order valence-corrected chi connectivity index (χ0v) is 13.6. The van der Waals surface area contributed by atoms with Gasteiger partial charge in [0.15, 0.2) is 0 Å². The lowest BCUT2D eigenvalue weighted by atomic mass is 10.2. The highest BCUT2D eigenvalue weighted by atomic mass is 19.4. The summed E-state index contributed by atoms with van der Waals surface area (Å²) in [5, 5.41) is 5.38. The Morgan fingerprint density at radius 2 is 2.00 bits per heavy atom. The molecule has 0 unspecified atom stereocenters. The van der Waals surface area contributed by atoms with Crippen LogP contribution >= 0.6 is 0 Å². The highest BCUT2D eigenvalue weighted by molar-refractivity contribution is 5.93. The van der Waals surface area contributed by atoms with Crippen molar-refractivity contribution >= 4 is 17.4 Å². The number of carbonyl (C=O) groups is 1. The summed E-state index contributed by atoms with van der Waals surface area (Å²) in [6.45, 7) is 2.25. The average Bonchev–Trinajstić information content (AvgIpc) is 2.54. The lowest BCUT2D eigenvalue weighted by molar-refractivity contribution is -0.137. The minimum Gasteiger partial charge on any atom is -0.383 e. The molecule has 0 radical (unpaired) electrons. The van der Waals surface area contributed by atoms with Gasteiger partial charge in [0.25, 0.3) is 5.91 Å². The largest absolute Gasteiger partial charge is 0.416 e. The highest BCUT2D eigenvalue weighted by Crippen LogP contribution is 2.31. The fraction of sp³-hybridized carbons (Fsp3) is 0.312. The third-order valence-corrected chi connectivity index (χ3v) is 3.12. The van der Waals surface area contributed by atoms with E-state index in [2.05, 4.69) is 20.6 Å². The van der Waals surface area contributed by atoms with Crippen molar-refractivity contribution in [1.82, 2.24) is 15.3 Å². The van der Waals surface area contributed by atoms with Crippen LogP contribution in [0.2, 0.25) is 0 Å². The van der Waals surface area contributed by atoms with Crippen molar-refractivity contribution in [2.45, 2.75) is 13.1 Å². The number of hydrogen-bond donors (Lipinski definition) is 2. The predicted molar refractivity (Wildman–Crippen MR) is 85.7 cm³/mol. The average molecular weight is 354 g/mol. The minimum absolute atomic E-state index is 0.109. The molecule has 1 heterocycles. The van der Waals surface area contributed by atoms with Crippen molar-refractivity contribution in [3.63, 3.8) is 0 Å². The van der Waals surface area contributed by atoms with E-state index in [1.165, 1.54) is 25.3 Å². The van der Waals surface area contributed by atoms with Crippen LogP contribution in [0.1, 0.15) is 21.9 Å². The zero-order chi connectivity index (χ0) is 18.4. The fourth-order valence-corrected chi connectivity index (χ4v) is 2.03. The second kappa shape index (κ2) is 7.93. The molecule has 134 valence electrons. The van der Waals surface area contributed by atoms with E-state index in [0.717, 1.165) is 12.1 Å². The summed E-state index contributed by atoms with van der Waals surface area (Å²) in [6.07, 6.45) is -4.44. The van der Waals surface area contributed by atoms with Gasteiger partial charge in [-0.1, -0.05) is 6.07 Å². The first-order valence-corrected chi connectivity index (χ1v) is 7.36. The normalized spacial score (nSPS) is 11.2. The molecule has 1 aromatic heterocycles. The summed E-state index contributed by atoms with van der Waals surface area (Å²) in [4.78, 5) is 20.1. The monoisotopic (exact) mass is 354 g/mol. The van der Waals surface area contributed by atoms with Crippen LogP contribution in [0.25, 0.3) is 0 Å². The van der Waals surface area contributed by atoms with E-state index >= 15 is 0 Å². The van der Waals surface area contributed by atoms with Gasteiger partial charge in [-0.2, -0.15) is 13.2 Å². The van der Waals surface area contributed by atoms with Gasteiger partial charge in [-0.15, -0.1) is 0 Å². The van der Waals surface area contributed by atoms with Gasteiger partial charge in [0, 0.05) is 25.4 Å². The molecule has 2 aromatic rings. The summed E-state index contributed by atoms with van der Waals surface area (Å²) < 4.78 is 43.2. The first kappa shape index (κ1) is 18.7. The summed E-state index contributed by atoms with van der Waals surface area (Å²) in [6, 6.07) is 6.08. The first-order chi connectivity index (χ1) is 11.8. The van der Waals surface area contributed by atoms with E-state index in [9.17, 15) is 18.0 Å². The van der Waals surface area contributed by atoms with E-state index < -0.39 is 17.6 Å². The number of aromatic nitrogens is 2. The van der Waals surface area contributed by atoms with Gasteiger partial charge in [0.1, 0.15) is 17.3 Å². The Balaban J connectivity index is 2.19. The number of benzene rings is 1. The van der Waals surface area contributed by atoms with Gasteiger partial charge >= 0.3 is 6.18 Å². The number of ether oxygens (including phenoxy) is 1. The molecule has 1 amide bonds. The van der Waals surface area contributed by atoms with Crippen molar-refractivity contribution in [3.05, 3.63) is 47.4 Å². The molecule has 0 fully saturated rings. The molecule has 0 aliphatic heterocycles. The minimum atomic E-state index is -4.44. The number of alkyl halides is 3. The number of amides is 1. The standard InChI is InChI=1S/C16H17F3N4O2/c1-10-21-13(15(24)20-6-7-25-2)9-14(22-10)23-12-5-3-4-11(8-12)16(17,18)19/h3-5,8-9H,6-7H2,1-2H3,(H,20,24)(H,21,22,23). The predicted octanol–water partition coefficient (Wildman–Crippen LogP) is 2.92. The molecular formula is C16H17F3N4O2. The second-order valence-corrected chi connectivity index (χ2v) is 5.14. The Morgan fingerprint density at radius 1 is 1.24 bits per heavy atom. The van der Waals surface area contributed by atoms with Crippen LogP contribution in [0.5, 0.6) is 0 Å². The molecule has 0 aliphatic rings. The molecule has 0 atom stereocenters. The van der Waals surface area contributed by atoms with Crippen molar-refractivity contribution in [2.24, 2.45) is 0 Å². The number of halogens is 3. The summed E-state index contributed by atoms with van der Waals surface area (Å²) >= 11 is 0. The number of hydrogen-bond acceptors (Lipinski definition) is 5. The van der Waals surface area contributed by atoms with Gasteiger partial charge in [0.05, 0.1) is 12.2 Å². The first-order valence-electron chi connectivity index (χ1n) is 7.36. The molecule has 2 N–H and O–H groups in total. The van der Waals surface area contributed by atoms with Gasteiger partial charge < -0.3 is 15.4 Å². The van der Waals surface area contributed by atoms with Crippen LogP contribution in [-0.2, 0) is 10.9 Å². The van der Waals surface area contributed by atoms with Gasteiger partial charge in [-0.3, -0.25) is 4.79 Å². The molecule has 0 spiro atoms. The molecule has 0 bridgehead atoms. The van der Waals surface area contributed by atoms with Crippen LogP contribution in [0, 0.1) is 6.92 Å². The number of carbonyl (C=O) groups excluding carboxylic acids is 1. The maximum atomic E-state index is 12.8. The van der Waals surface area contributed by atoms with E-state index in [0.29, 0.717) is 19.0 Å². The second-order valence-electron chi connectivity index (χ2n) is 5.14. The zero-order valence-electron chi connectivity index (χ0n) is 13.6. The third kappa shape index (κ3) is 5.42. The Bertz CT molecular complexity index is 750. The third-order valence-electron chi connectivity index (χ3n) is 3.12. The summed E-state index contributed by atoms with van der Waals surface area (Å²) in [7, 11) is 1.51. The topological polar surface area (TPSA) is 76.1 Å². The van der Waals surface area contributed by atoms with Gasteiger partial charge in [0.2, 0.25) is 0 Å². The summed E-state index contributed by atoms with van der Waals surface area (Å²) in [5.74, 6) is 0.118. The lowest BCUT2D eigenvalue weighted by Gasteiger charge is -2.11. The molecule has 9 heteroatoms. The SMILES string of the molecule is COCCNC(=O)c1cc(Nc2cccc(C(F)(F)F)c2)nc(C)n1. The Morgan fingerprint density at radius 3 is 2.68 bits per heavy atom. The van der Waals surface area contributed by atoms with Gasteiger partial charge in [-0.25, -0.2) is 9.97 Å². The number of methoxy groups -OCH3 is 1. The smallest absolute Gasteiger partial charge is 0.383 e. The van der Waals surface area contributed by atoms with Crippen LogP contribution in [-0.4, -0.2) is 36.1 Å². The fourth-order valence-electron chi connectivity index (χ4n) is 2.03. The number of rotatable bonds is 6. The maximum Gasteiger partial charge on any atom is 0.416 e. The Labute approximate surface area is 142 Å². The van der Waals surface area contributed by atoms with Crippen LogP contribution in [0.3, 0.4) is 0 Å². The molecule has 2 rings (SSSR count). The molecule has 0 saturated heterocycles. The number of aryl methyl sites for hydroxylation is 1. The van der Waals surface area contributed by atoms with Gasteiger partial charge in [-0.05, 0) is 25.1 Å². The van der Waals surface area contributed by atoms with Crippen LogP contribution < -0.4 is 10.6 Å². The van der Waals surface area contributed by atoms with Crippen LogP contribution in [0.4, 0.5) is 24.7 Å². The molecule has 25 heavy (non-hydrogen) atoms.